The first kappa shape index (κ1) is 11.8. The number of likely N-dealkylation sites (N-methyl/N-ethyl adjacent to an activating group) is 1. The van der Waals surface area contributed by atoms with Gasteiger partial charge in [-0.05, 0) is 24.7 Å². The maximum atomic E-state index is 4.10. The van der Waals surface area contributed by atoms with Crippen molar-refractivity contribution in [3.05, 3.63) is 50.9 Å². The topological polar surface area (TPSA) is 24.9 Å². The number of rotatable bonds is 4. The molecular weight excluding hydrogens is 284 g/mol. The van der Waals surface area contributed by atoms with Gasteiger partial charge in [0.1, 0.15) is 0 Å². The Labute approximate surface area is 108 Å². The van der Waals surface area contributed by atoms with Crippen molar-refractivity contribution in [2.45, 2.75) is 12.5 Å². The van der Waals surface area contributed by atoms with E-state index in [1.165, 1.54) is 10.4 Å². The molecule has 0 bridgehead atoms. The maximum absolute atomic E-state index is 4.10. The van der Waals surface area contributed by atoms with Gasteiger partial charge in [-0.1, -0.05) is 28.1 Å². The molecule has 2 rings (SSSR count). The van der Waals surface area contributed by atoms with Crippen molar-refractivity contribution in [1.82, 2.24) is 10.3 Å². The molecule has 0 spiro atoms. The summed E-state index contributed by atoms with van der Waals surface area (Å²) < 4.78 is 1.11. The third-order valence-electron chi connectivity index (χ3n) is 2.51. The molecule has 0 fully saturated rings. The fraction of sp³-hybridized carbons (Fsp3) is 0.250. The van der Waals surface area contributed by atoms with Crippen LogP contribution in [0.4, 0.5) is 0 Å². The van der Waals surface area contributed by atoms with Gasteiger partial charge in [-0.2, -0.15) is 0 Å². The van der Waals surface area contributed by atoms with Gasteiger partial charge in [0.25, 0.3) is 0 Å². The number of nitrogens with zero attached hydrogens (tertiary/aromatic N) is 1. The van der Waals surface area contributed by atoms with E-state index in [-0.39, 0.29) is 0 Å². The van der Waals surface area contributed by atoms with Gasteiger partial charge in [-0.15, -0.1) is 11.3 Å². The molecule has 2 nitrogen and oxygen atoms in total. The molecule has 1 aromatic carbocycles. The number of halogens is 1. The van der Waals surface area contributed by atoms with Crippen LogP contribution in [0.3, 0.4) is 0 Å². The molecule has 0 aliphatic heterocycles. The summed E-state index contributed by atoms with van der Waals surface area (Å²) in [5.74, 6) is 0. The quantitative estimate of drug-likeness (QED) is 0.935. The molecule has 0 aliphatic carbocycles. The van der Waals surface area contributed by atoms with Crippen LogP contribution in [0.1, 0.15) is 16.5 Å². The van der Waals surface area contributed by atoms with Gasteiger partial charge in [-0.3, -0.25) is 4.98 Å². The van der Waals surface area contributed by atoms with Crippen LogP contribution in [-0.2, 0) is 6.42 Å². The minimum Gasteiger partial charge on any atom is -0.313 e. The molecular formula is C12H13BrN2S. The molecule has 1 aromatic heterocycles. The lowest BCUT2D eigenvalue weighted by atomic mass is 10.0. The van der Waals surface area contributed by atoms with Gasteiger partial charge in [0, 0.05) is 28.0 Å². The molecule has 2 aromatic rings. The van der Waals surface area contributed by atoms with Crippen LogP contribution in [0.15, 0.2) is 40.4 Å². The van der Waals surface area contributed by atoms with Crippen molar-refractivity contribution >= 4 is 27.3 Å². The molecule has 0 aliphatic rings. The molecule has 0 saturated carbocycles. The largest absolute Gasteiger partial charge is 0.313 e. The van der Waals surface area contributed by atoms with Crippen molar-refractivity contribution in [3.8, 4) is 0 Å². The van der Waals surface area contributed by atoms with Crippen molar-refractivity contribution in [2.24, 2.45) is 0 Å². The summed E-state index contributed by atoms with van der Waals surface area (Å²) in [6.07, 6.45) is 2.93. The number of aromatic nitrogens is 1. The Balaban J connectivity index is 2.13. The molecule has 84 valence electrons. The van der Waals surface area contributed by atoms with Crippen LogP contribution in [0, 0.1) is 0 Å². The zero-order valence-corrected chi connectivity index (χ0v) is 11.4. The normalized spacial score (nSPS) is 12.6. The summed E-state index contributed by atoms with van der Waals surface area (Å²) in [5, 5.41) is 3.34. The van der Waals surface area contributed by atoms with E-state index in [0.29, 0.717) is 6.04 Å². The van der Waals surface area contributed by atoms with Gasteiger partial charge in [0.05, 0.1) is 5.51 Å². The summed E-state index contributed by atoms with van der Waals surface area (Å²) in [6, 6.07) is 8.80. The van der Waals surface area contributed by atoms with Crippen LogP contribution in [-0.4, -0.2) is 12.0 Å². The highest BCUT2D eigenvalue weighted by Gasteiger charge is 2.10. The van der Waals surface area contributed by atoms with Crippen molar-refractivity contribution in [3.63, 3.8) is 0 Å². The first-order chi connectivity index (χ1) is 7.79. The van der Waals surface area contributed by atoms with Gasteiger partial charge in [0.15, 0.2) is 0 Å². The Morgan fingerprint density at radius 2 is 2.12 bits per heavy atom. The van der Waals surface area contributed by atoms with Crippen LogP contribution in [0.2, 0.25) is 0 Å². The summed E-state index contributed by atoms with van der Waals surface area (Å²) in [5.41, 5.74) is 3.18. The number of benzene rings is 1. The minimum atomic E-state index is 0.355. The molecule has 1 heterocycles. The van der Waals surface area contributed by atoms with Crippen LogP contribution < -0.4 is 5.32 Å². The fourth-order valence-electron chi connectivity index (χ4n) is 1.63. The van der Waals surface area contributed by atoms with E-state index in [9.17, 15) is 0 Å². The highest BCUT2D eigenvalue weighted by atomic mass is 79.9. The lowest BCUT2D eigenvalue weighted by Crippen LogP contribution is -2.18. The molecule has 0 amide bonds. The van der Waals surface area contributed by atoms with E-state index in [0.717, 1.165) is 10.9 Å². The van der Waals surface area contributed by atoms with E-state index in [2.05, 4.69) is 50.5 Å². The number of thiazole rings is 1. The van der Waals surface area contributed by atoms with Gasteiger partial charge >= 0.3 is 0 Å². The number of nitrogens with one attached hydrogen (secondary N) is 1. The van der Waals surface area contributed by atoms with E-state index in [1.807, 2.05) is 18.8 Å². The average Bonchev–Trinajstić information content (AvgIpc) is 2.80. The lowest BCUT2D eigenvalue weighted by Gasteiger charge is -2.15. The molecule has 4 heteroatoms. The van der Waals surface area contributed by atoms with E-state index >= 15 is 0 Å². The van der Waals surface area contributed by atoms with Crippen molar-refractivity contribution < 1.29 is 0 Å². The zero-order chi connectivity index (χ0) is 11.4. The van der Waals surface area contributed by atoms with Crippen LogP contribution >= 0.6 is 27.3 Å². The van der Waals surface area contributed by atoms with Crippen molar-refractivity contribution in [1.29, 1.82) is 0 Å². The Kier molecular flexibility index (Phi) is 4.09. The summed E-state index contributed by atoms with van der Waals surface area (Å²) in [6.45, 7) is 0. The first-order valence-corrected chi connectivity index (χ1v) is 6.77. The molecule has 16 heavy (non-hydrogen) atoms. The Bertz CT molecular complexity index is 425. The fourth-order valence-corrected chi connectivity index (χ4v) is 2.53. The Morgan fingerprint density at radius 3 is 2.69 bits per heavy atom. The lowest BCUT2D eigenvalue weighted by molar-refractivity contribution is 0.596. The minimum absolute atomic E-state index is 0.355. The van der Waals surface area contributed by atoms with Gasteiger partial charge in [-0.25, -0.2) is 0 Å². The highest BCUT2D eigenvalue weighted by Crippen LogP contribution is 2.21. The third kappa shape index (κ3) is 2.90. The summed E-state index contributed by atoms with van der Waals surface area (Å²) in [7, 11) is 1.99. The Hall–Kier alpha value is -0.710. The van der Waals surface area contributed by atoms with E-state index < -0.39 is 0 Å². The average molecular weight is 297 g/mol. The smallest absolute Gasteiger partial charge is 0.0794 e. The number of hydrogen-bond acceptors (Lipinski definition) is 3. The summed E-state index contributed by atoms with van der Waals surface area (Å²) >= 11 is 5.15. The predicted octanol–water partition coefficient (Wildman–Crippen LogP) is 3.41. The van der Waals surface area contributed by atoms with Gasteiger partial charge in [0.2, 0.25) is 0 Å². The SMILES string of the molecule is CNC(Cc1cncs1)c1ccc(Br)cc1. The third-order valence-corrected chi connectivity index (χ3v) is 3.84. The summed E-state index contributed by atoms with van der Waals surface area (Å²) in [4.78, 5) is 5.41. The van der Waals surface area contributed by atoms with Crippen LogP contribution in [0.5, 0.6) is 0 Å². The monoisotopic (exact) mass is 296 g/mol. The predicted molar refractivity (Wildman–Crippen MR) is 71.8 cm³/mol. The van der Waals surface area contributed by atoms with Crippen molar-refractivity contribution in [2.75, 3.05) is 7.05 Å². The molecule has 1 N–H and O–H groups in total. The van der Waals surface area contributed by atoms with Crippen LogP contribution in [0.25, 0.3) is 0 Å². The first-order valence-electron chi connectivity index (χ1n) is 5.09. The molecule has 1 atom stereocenters. The number of hydrogen-bond donors (Lipinski definition) is 1. The molecule has 0 saturated heterocycles. The standard InChI is InChI=1S/C12H13BrN2S/c1-14-12(6-11-7-15-8-16-11)9-2-4-10(13)5-3-9/h2-5,7-8,12,14H,6H2,1H3. The Morgan fingerprint density at radius 1 is 1.38 bits per heavy atom. The highest BCUT2D eigenvalue weighted by molar-refractivity contribution is 9.10. The second kappa shape index (κ2) is 5.57. The second-order valence-corrected chi connectivity index (χ2v) is 5.45. The molecule has 1 unspecified atom stereocenters. The van der Waals surface area contributed by atoms with Gasteiger partial charge < -0.3 is 5.32 Å². The molecule has 0 radical (unpaired) electrons. The van der Waals surface area contributed by atoms with E-state index in [4.69, 9.17) is 0 Å². The van der Waals surface area contributed by atoms with E-state index in [1.54, 1.807) is 11.3 Å². The second-order valence-electron chi connectivity index (χ2n) is 3.56. The maximum Gasteiger partial charge on any atom is 0.0794 e. The zero-order valence-electron chi connectivity index (χ0n) is 8.98.